The van der Waals surface area contributed by atoms with Crippen molar-refractivity contribution < 1.29 is 4.79 Å². The van der Waals surface area contributed by atoms with Crippen LogP contribution < -0.4 is 4.90 Å². The number of hydrogen-bond acceptors (Lipinski definition) is 5. The van der Waals surface area contributed by atoms with Crippen molar-refractivity contribution in [2.75, 3.05) is 31.1 Å². The van der Waals surface area contributed by atoms with E-state index >= 15 is 0 Å². The molecule has 1 aliphatic rings. The maximum Gasteiger partial charge on any atom is 0.276 e. The molecule has 2 aromatic heterocycles. The predicted octanol–water partition coefficient (Wildman–Crippen LogP) is 2.89. The van der Waals surface area contributed by atoms with Crippen molar-refractivity contribution in [1.29, 1.82) is 0 Å². The van der Waals surface area contributed by atoms with Crippen molar-refractivity contribution >= 4 is 23.3 Å². The zero-order valence-corrected chi connectivity index (χ0v) is 16.6. The van der Waals surface area contributed by atoms with Gasteiger partial charge in [0.25, 0.3) is 5.91 Å². The fourth-order valence-electron chi connectivity index (χ4n) is 3.31. The molecule has 0 N–H and O–H groups in total. The second-order valence-electron chi connectivity index (χ2n) is 6.84. The minimum atomic E-state index is -0.0948. The minimum Gasteiger partial charge on any atom is -0.353 e. The molecule has 144 valence electrons. The number of nitrogens with zero attached hydrogens (tertiary/aromatic N) is 6. The molecule has 0 aliphatic carbocycles. The van der Waals surface area contributed by atoms with Gasteiger partial charge < -0.3 is 9.80 Å². The van der Waals surface area contributed by atoms with Gasteiger partial charge in [0.05, 0.1) is 11.4 Å². The van der Waals surface area contributed by atoms with Crippen LogP contribution in [0.2, 0.25) is 5.02 Å². The molecule has 8 heteroatoms. The number of piperazine rings is 1. The molecule has 1 aromatic carbocycles. The van der Waals surface area contributed by atoms with E-state index in [-0.39, 0.29) is 5.91 Å². The molecule has 3 heterocycles. The van der Waals surface area contributed by atoms with Crippen molar-refractivity contribution in [2.24, 2.45) is 0 Å². The summed E-state index contributed by atoms with van der Waals surface area (Å²) in [5.41, 5.74) is 2.87. The second kappa shape index (κ2) is 7.59. The molecule has 3 aromatic rings. The van der Waals surface area contributed by atoms with Gasteiger partial charge in [0.2, 0.25) is 0 Å². The van der Waals surface area contributed by atoms with Crippen LogP contribution in [0.3, 0.4) is 0 Å². The van der Waals surface area contributed by atoms with Crippen molar-refractivity contribution in [2.45, 2.75) is 13.8 Å². The number of benzene rings is 1. The van der Waals surface area contributed by atoms with Gasteiger partial charge in [0.1, 0.15) is 5.82 Å². The molecule has 0 unspecified atom stereocenters. The summed E-state index contributed by atoms with van der Waals surface area (Å²) < 4.78 is 1.66. The molecule has 1 aliphatic heterocycles. The zero-order valence-electron chi connectivity index (χ0n) is 15.8. The molecule has 28 heavy (non-hydrogen) atoms. The maximum absolute atomic E-state index is 13.0. The molecule has 1 saturated heterocycles. The van der Waals surface area contributed by atoms with Crippen molar-refractivity contribution in [1.82, 2.24) is 24.9 Å². The monoisotopic (exact) mass is 396 g/mol. The minimum absolute atomic E-state index is 0.0948. The number of carbonyl (C=O) groups is 1. The lowest BCUT2D eigenvalue weighted by Crippen LogP contribution is -2.49. The number of carbonyl (C=O) groups excluding carboxylic acids is 1. The maximum atomic E-state index is 13.0. The first-order valence-corrected chi connectivity index (χ1v) is 9.56. The van der Waals surface area contributed by atoms with Gasteiger partial charge >= 0.3 is 0 Å². The van der Waals surface area contributed by atoms with Crippen LogP contribution in [0.1, 0.15) is 21.7 Å². The van der Waals surface area contributed by atoms with Gasteiger partial charge in [-0.15, -0.1) is 5.10 Å². The van der Waals surface area contributed by atoms with E-state index in [1.165, 1.54) is 0 Å². The van der Waals surface area contributed by atoms with Crippen LogP contribution in [0.15, 0.2) is 42.6 Å². The van der Waals surface area contributed by atoms with Gasteiger partial charge in [-0.1, -0.05) is 28.9 Å². The molecule has 0 saturated carbocycles. The largest absolute Gasteiger partial charge is 0.353 e. The highest BCUT2D eigenvalue weighted by molar-refractivity contribution is 6.31. The van der Waals surface area contributed by atoms with E-state index < -0.39 is 0 Å². The number of rotatable bonds is 3. The van der Waals surface area contributed by atoms with Crippen LogP contribution in [0, 0.1) is 13.8 Å². The Kier molecular flexibility index (Phi) is 5.00. The third kappa shape index (κ3) is 3.45. The van der Waals surface area contributed by atoms with Gasteiger partial charge in [-0.3, -0.25) is 4.79 Å². The van der Waals surface area contributed by atoms with E-state index in [1.807, 2.05) is 55.1 Å². The Morgan fingerprint density at radius 1 is 1.07 bits per heavy atom. The summed E-state index contributed by atoms with van der Waals surface area (Å²) in [6.07, 6.45) is 1.78. The molecule has 0 spiro atoms. The van der Waals surface area contributed by atoms with Gasteiger partial charge in [0.15, 0.2) is 5.69 Å². The smallest absolute Gasteiger partial charge is 0.276 e. The van der Waals surface area contributed by atoms with Gasteiger partial charge in [-0.25, -0.2) is 9.67 Å². The number of amides is 1. The normalized spacial score (nSPS) is 14.4. The Balaban J connectivity index is 1.49. The van der Waals surface area contributed by atoms with Crippen molar-refractivity contribution in [3.63, 3.8) is 0 Å². The van der Waals surface area contributed by atoms with E-state index in [2.05, 4.69) is 20.2 Å². The zero-order chi connectivity index (χ0) is 19.7. The highest BCUT2D eigenvalue weighted by Gasteiger charge is 2.27. The summed E-state index contributed by atoms with van der Waals surface area (Å²) in [5, 5.41) is 8.98. The van der Waals surface area contributed by atoms with E-state index in [0.29, 0.717) is 29.5 Å². The van der Waals surface area contributed by atoms with Crippen LogP contribution >= 0.6 is 11.6 Å². The Morgan fingerprint density at radius 3 is 2.54 bits per heavy atom. The first-order valence-electron chi connectivity index (χ1n) is 9.18. The Labute approximate surface area is 168 Å². The third-order valence-corrected chi connectivity index (χ3v) is 5.44. The molecule has 7 nitrogen and oxygen atoms in total. The van der Waals surface area contributed by atoms with Crippen LogP contribution in [-0.2, 0) is 0 Å². The fourth-order valence-corrected chi connectivity index (χ4v) is 3.49. The van der Waals surface area contributed by atoms with E-state index in [0.717, 1.165) is 30.2 Å². The topological polar surface area (TPSA) is 67.2 Å². The quantitative estimate of drug-likeness (QED) is 0.681. The number of aryl methyl sites for hydroxylation is 1. The Hall–Kier alpha value is -2.93. The van der Waals surface area contributed by atoms with Crippen molar-refractivity contribution in [3.05, 3.63) is 64.6 Å². The van der Waals surface area contributed by atoms with Crippen LogP contribution in [0.25, 0.3) is 5.69 Å². The van der Waals surface area contributed by atoms with E-state index in [4.69, 9.17) is 11.6 Å². The standard InChI is InChI=1S/C20H21ClN6O/c1-14-6-7-16(13-17(14)21)27-15(2)19(23-24-27)20(28)26-11-9-25(10-12-26)18-5-3-4-8-22-18/h3-8,13H,9-12H2,1-2H3. The lowest BCUT2D eigenvalue weighted by Gasteiger charge is -2.35. The lowest BCUT2D eigenvalue weighted by molar-refractivity contribution is 0.0739. The molecule has 1 fully saturated rings. The number of anilines is 1. The molecule has 0 radical (unpaired) electrons. The predicted molar refractivity (Wildman–Crippen MR) is 108 cm³/mol. The average molecular weight is 397 g/mol. The average Bonchev–Trinajstić information content (AvgIpc) is 3.11. The summed E-state index contributed by atoms with van der Waals surface area (Å²) in [7, 11) is 0. The lowest BCUT2D eigenvalue weighted by atomic mass is 10.2. The summed E-state index contributed by atoms with van der Waals surface area (Å²) in [6, 6.07) is 11.5. The summed E-state index contributed by atoms with van der Waals surface area (Å²) in [6.45, 7) is 6.52. The van der Waals surface area contributed by atoms with Crippen LogP contribution in [0.5, 0.6) is 0 Å². The number of halogens is 1. The summed E-state index contributed by atoms with van der Waals surface area (Å²) in [4.78, 5) is 21.4. The Bertz CT molecular complexity index is 995. The highest BCUT2D eigenvalue weighted by Crippen LogP contribution is 2.21. The number of aromatic nitrogens is 4. The summed E-state index contributed by atoms with van der Waals surface area (Å²) >= 11 is 6.22. The molecule has 1 amide bonds. The van der Waals surface area contributed by atoms with Gasteiger partial charge in [-0.05, 0) is 43.7 Å². The van der Waals surface area contributed by atoms with Crippen LogP contribution in [0.4, 0.5) is 5.82 Å². The van der Waals surface area contributed by atoms with Gasteiger partial charge in [-0.2, -0.15) is 0 Å². The van der Waals surface area contributed by atoms with E-state index in [1.54, 1.807) is 10.9 Å². The number of pyridine rings is 1. The number of hydrogen-bond donors (Lipinski definition) is 0. The highest BCUT2D eigenvalue weighted by atomic mass is 35.5. The Morgan fingerprint density at radius 2 is 1.86 bits per heavy atom. The molecule has 0 bridgehead atoms. The van der Waals surface area contributed by atoms with E-state index in [9.17, 15) is 4.79 Å². The molecule has 0 atom stereocenters. The molecular formula is C20H21ClN6O. The molecular weight excluding hydrogens is 376 g/mol. The van der Waals surface area contributed by atoms with Gasteiger partial charge in [0, 0.05) is 37.4 Å². The fraction of sp³-hybridized carbons (Fsp3) is 0.300. The van der Waals surface area contributed by atoms with Crippen molar-refractivity contribution in [3.8, 4) is 5.69 Å². The molecule has 4 rings (SSSR count). The first kappa shape index (κ1) is 18.4. The summed E-state index contributed by atoms with van der Waals surface area (Å²) in [5.74, 6) is 0.843. The first-order chi connectivity index (χ1) is 13.5. The SMILES string of the molecule is Cc1ccc(-n2nnc(C(=O)N3CCN(c4ccccn4)CC3)c2C)cc1Cl. The second-order valence-corrected chi connectivity index (χ2v) is 7.24. The van der Waals surface area contributed by atoms with Crippen LogP contribution in [-0.4, -0.2) is 57.0 Å². The third-order valence-electron chi connectivity index (χ3n) is 5.04.